The van der Waals surface area contributed by atoms with Crippen molar-refractivity contribution in [3.05, 3.63) is 57.8 Å². The molecule has 0 heterocycles. The topological polar surface area (TPSA) is 52.6 Å². The number of benzene rings is 2. The molecule has 1 aliphatic carbocycles. The maximum atomic E-state index is 13.1. The average molecular weight is 453 g/mol. The van der Waals surface area contributed by atoms with E-state index in [-0.39, 0.29) is 39.0 Å². The molecular formula is C23H23Cl2FO4. The molecule has 1 fully saturated rings. The van der Waals surface area contributed by atoms with Gasteiger partial charge in [0, 0.05) is 6.07 Å². The summed E-state index contributed by atoms with van der Waals surface area (Å²) in [5.41, 5.74) is 0.0805. The number of esters is 2. The highest BCUT2D eigenvalue weighted by Gasteiger charge is 2.27. The summed E-state index contributed by atoms with van der Waals surface area (Å²) in [6.07, 6.45) is 6.13. The zero-order valence-corrected chi connectivity index (χ0v) is 18.1. The Hall–Kier alpha value is -2.11. The highest BCUT2D eigenvalue weighted by Crippen LogP contribution is 2.33. The molecule has 0 bridgehead atoms. The highest BCUT2D eigenvalue weighted by molar-refractivity contribution is 6.34. The van der Waals surface area contributed by atoms with E-state index < -0.39 is 11.8 Å². The molecule has 0 amide bonds. The van der Waals surface area contributed by atoms with E-state index in [1.165, 1.54) is 37.1 Å². The third kappa shape index (κ3) is 5.73. The molecule has 3 rings (SSSR count). The largest absolute Gasteiger partial charge is 0.426 e. The molecule has 1 saturated carbocycles. The minimum atomic E-state index is -0.749. The lowest BCUT2D eigenvalue weighted by Gasteiger charge is -2.26. The van der Waals surface area contributed by atoms with Crippen LogP contribution in [0.4, 0.5) is 4.39 Å². The first-order valence-electron chi connectivity index (χ1n) is 10.1. The van der Waals surface area contributed by atoms with Crippen LogP contribution in [0.15, 0.2) is 36.4 Å². The van der Waals surface area contributed by atoms with Crippen LogP contribution in [0.3, 0.4) is 0 Å². The van der Waals surface area contributed by atoms with Crippen molar-refractivity contribution in [2.75, 3.05) is 0 Å². The summed E-state index contributed by atoms with van der Waals surface area (Å²) in [5.74, 6) is -0.668. The number of hydrogen-bond acceptors (Lipinski definition) is 4. The second-order valence-electron chi connectivity index (χ2n) is 7.53. The van der Waals surface area contributed by atoms with Gasteiger partial charge in [0.25, 0.3) is 0 Å². The van der Waals surface area contributed by atoms with Gasteiger partial charge in [0.05, 0.1) is 21.5 Å². The Bertz CT molecular complexity index is 923. The van der Waals surface area contributed by atoms with Crippen LogP contribution < -0.4 is 9.47 Å². The number of carbonyl (C=O) groups excluding carboxylic acids is 2. The molecule has 7 heteroatoms. The van der Waals surface area contributed by atoms with Crippen molar-refractivity contribution >= 4 is 35.1 Å². The van der Waals surface area contributed by atoms with Crippen LogP contribution in [-0.2, 0) is 4.79 Å². The molecule has 2 aromatic carbocycles. The lowest BCUT2D eigenvalue weighted by molar-refractivity contribution is -0.140. The van der Waals surface area contributed by atoms with Crippen LogP contribution in [-0.4, -0.2) is 11.9 Å². The van der Waals surface area contributed by atoms with E-state index in [2.05, 4.69) is 6.92 Å². The standard InChI is InChI=1S/C23H23Cl2FO4/c1-2-3-14-4-6-15(7-5-14)22(27)29-17-9-10-18(19(24)13-17)23(28)30-21-11-8-16(26)12-20(21)25/h8-15H,2-7H2,1H3. The molecule has 0 saturated heterocycles. The van der Waals surface area contributed by atoms with Crippen LogP contribution in [0.1, 0.15) is 55.8 Å². The molecule has 0 aliphatic heterocycles. The first-order valence-corrected chi connectivity index (χ1v) is 10.8. The van der Waals surface area contributed by atoms with E-state index in [0.717, 1.165) is 37.8 Å². The zero-order valence-electron chi connectivity index (χ0n) is 16.6. The second-order valence-corrected chi connectivity index (χ2v) is 8.35. The van der Waals surface area contributed by atoms with Gasteiger partial charge >= 0.3 is 11.9 Å². The number of carbonyl (C=O) groups is 2. The van der Waals surface area contributed by atoms with Crippen molar-refractivity contribution in [2.24, 2.45) is 11.8 Å². The van der Waals surface area contributed by atoms with Gasteiger partial charge in [-0.25, -0.2) is 9.18 Å². The fourth-order valence-electron chi connectivity index (χ4n) is 3.73. The Labute approximate surface area is 185 Å². The predicted molar refractivity (Wildman–Crippen MR) is 114 cm³/mol. The SMILES string of the molecule is CCCC1CCC(C(=O)Oc2ccc(C(=O)Oc3ccc(F)cc3Cl)c(Cl)c2)CC1. The maximum absolute atomic E-state index is 13.1. The molecule has 0 unspecified atom stereocenters. The molecule has 1 aliphatic rings. The summed E-state index contributed by atoms with van der Waals surface area (Å²) in [5, 5.41) is 0.0499. The summed E-state index contributed by atoms with van der Waals surface area (Å²) >= 11 is 12.1. The van der Waals surface area contributed by atoms with E-state index >= 15 is 0 Å². The monoisotopic (exact) mass is 452 g/mol. The van der Waals surface area contributed by atoms with Crippen LogP contribution in [0.2, 0.25) is 10.0 Å². The van der Waals surface area contributed by atoms with Crippen LogP contribution in [0.5, 0.6) is 11.5 Å². The van der Waals surface area contributed by atoms with Gasteiger partial charge < -0.3 is 9.47 Å². The smallest absolute Gasteiger partial charge is 0.345 e. The van der Waals surface area contributed by atoms with Crippen LogP contribution in [0.25, 0.3) is 0 Å². The van der Waals surface area contributed by atoms with E-state index in [0.29, 0.717) is 5.92 Å². The Kier molecular flexibility index (Phi) is 7.73. The summed E-state index contributed by atoms with van der Waals surface area (Å²) in [6, 6.07) is 7.76. The molecular weight excluding hydrogens is 430 g/mol. The van der Waals surface area contributed by atoms with Crippen molar-refractivity contribution in [3.8, 4) is 11.5 Å². The van der Waals surface area contributed by atoms with Gasteiger partial charge in [-0.1, -0.05) is 43.0 Å². The van der Waals surface area contributed by atoms with Gasteiger partial charge in [0.1, 0.15) is 17.3 Å². The minimum absolute atomic E-state index is 0.0216. The second kappa shape index (κ2) is 10.3. The van der Waals surface area contributed by atoms with Gasteiger partial charge in [-0.3, -0.25) is 4.79 Å². The molecule has 0 aromatic heterocycles. The third-order valence-electron chi connectivity index (χ3n) is 5.35. The lowest BCUT2D eigenvalue weighted by Crippen LogP contribution is -2.25. The Morgan fingerprint density at radius 1 is 1.00 bits per heavy atom. The van der Waals surface area contributed by atoms with Crippen LogP contribution in [0, 0.1) is 17.7 Å². The van der Waals surface area contributed by atoms with Gasteiger partial charge in [0.15, 0.2) is 0 Å². The van der Waals surface area contributed by atoms with Crippen molar-refractivity contribution in [1.29, 1.82) is 0 Å². The Morgan fingerprint density at radius 2 is 1.73 bits per heavy atom. The first-order chi connectivity index (χ1) is 14.4. The Balaban J connectivity index is 1.61. The van der Waals surface area contributed by atoms with E-state index in [9.17, 15) is 14.0 Å². The molecule has 0 radical (unpaired) electrons. The highest BCUT2D eigenvalue weighted by atomic mass is 35.5. The molecule has 0 spiro atoms. The fourth-order valence-corrected chi connectivity index (χ4v) is 4.19. The normalized spacial score (nSPS) is 18.7. The van der Waals surface area contributed by atoms with Gasteiger partial charge in [-0.15, -0.1) is 0 Å². The number of ether oxygens (including phenoxy) is 2. The third-order valence-corrected chi connectivity index (χ3v) is 5.96. The van der Waals surface area contributed by atoms with Crippen molar-refractivity contribution in [1.82, 2.24) is 0 Å². The average Bonchev–Trinajstić information content (AvgIpc) is 2.71. The van der Waals surface area contributed by atoms with Gasteiger partial charge in [-0.2, -0.15) is 0 Å². The Morgan fingerprint density at radius 3 is 2.37 bits per heavy atom. The van der Waals surface area contributed by atoms with Crippen molar-refractivity contribution < 1.29 is 23.5 Å². The number of rotatable bonds is 6. The van der Waals surface area contributed by atoms with Gasteiger partial charge in [-0.05, 0) is 61.9 Å². The minimum Gasteiger partial charge on any atom is -0.426 e. The van der Waals surface area contributed by atoms with Crippen molar-refractivity contribution in [3.63, 3.8) is 0 Å². The van der Waals surface area contributed by atoms with Gasteiger partial charge in [0.2, 0.25) is 0 Å². The summed E-state index contributed by atoms with van der Waals surface area (Å²) in [6.45, 7) is 2.18. The van der Waals surface area contributed by atoms with Crippen LogP contribution >= 0.6 is 23.2 Å². The molecule has 30 heavy (non-hydrogen) atoms. The zero-order chi connectivity index (χ0) is 21.7. The molecule has 0 N–H and O–H groups in total. The first kappa shape index (κ1) is 22.6. The number of hydrogen-bond donors (Lipinski definition) is 0. The predicted octanol–water partition coefficient (Wildman–Crippen LogP) is 6.86. The molecule has 2 aromatic rings. The maximum Gasteiger partial charge on any atom is 0.345 e. The molecule has 4 nitrogen and oxygen atoms in total. The summed E-state index contributed by atoms with van der Waals surface area (Å²) < 4.78 is 23.8. The summed E-state index contributed by atoms with van der Waals surface area (Å²) in [7, 11) is 0. The lowest BCUT2D eigenvalue weighted by atomic mass is 9.80. The molecule has 160 valence electrons. The number of halogens is 3. The van der Waals surface area contributed by atoms with E-state index in [1.807, 2.05) is 0 Å². The molecule has 0 atom stereocenters. The quantitative estimate of drug-likeness (QED) is 0.354. The summed E-state index contributed by atoms with van der Waals surface area (Å²) in [4.78, 5) is 24.8. The van der Waals surface area contributed by atoms with E-state index in [1.54, 1.807) is 0 Å². The fraction of sp³-hybridized carbons (Fsp3) is 0.391. The van der Waals surface area contributed by atoms with Crippen molar-refractivity contribution in [2.45, 2.75) is 45.4 Å². The van der Waals surface area contributed by atoms with E-state index in [4.69, 9.17) is 32.7 Å².